The summed E-state index contributed by atoms with van der Waals surface area (Å²) in [4.78, 5) is 12.5. The Kier molecular flexibility index (Phi) is 5.47. The van der Waals surface area contributed by atoms with Crippen molar-refractivity contribution in [2.75, 3.05) is 0 Å². The van der Waals surface area contributed by atoms with Crippen LogP contribution in [-0.2, 0) is 5.41 Å². The highest BCUT2D eigenvalue weighted by Gasteiger charge is 2.35. The van der Waals surface area contributed by atoms with Crippen LogP contribution in [0.15, 0.2) is 41.7 Å². The first-order chi connectivity index (χ1) is 10.4. The molecule has 0 saturated heterocycles. The average molecular weight is 316 g/mol. The van der Waals surface area contributed by atoms with Crippen molar-refractivity contribution in [1.82, 2.24) is 0 Å². The molecule has 3 heteroatoms. The van der Waals surface area contributed by atoms with Crippen molar-refractivity contribution < 1.29 is 15.0 Å². The second kappa shape index (κ2) is 6.61. The van der Waals surface area contributed by atoms with Crippen LogP contribution in [0.1, 0.15) is 64.4 Å². The number of carbonyl (C=O) groups is 1. The molecule has 0 radical (unpaired) electrons. The van der Waals surface area contributed by atoms with Gasteiger partial charge in [0.1, 0.15) is 11.5 Å². The lowest BCUT2D eigenvalue weighted by Gasteiger charge is -2.39. The van der Waals surface area contributed by atoms with Gasteiger partial charge in [0.15, 0.2) is 5.78 Å². The van der Waals surface area contributed by atoms with Crippen molar-refractivity contribution in [1.29, 1.82) is 0 Å². The molecule has 126 valence electrons. The summed E-state index contributed by atoms with van der Waals surface area (Å²) in [5, 5.41) is 20.0. The van der Waals surface area contributed by atoms with Crippen LogP contribution in [0.2, 0.25) is 0 Å². The van der Waals surface area contributed by atoms with Crippen LogP contribution in [0.5, 0.6) is 5.75 Å². The van der Waals surface area contributed by atoms with E-state index in [9.17, 15) is 15.0 Å². The standard InChI is InChI=1S/C20H28O3/c1-8-9-15(13(2)21)18(23)16-11-10-14(12-17(16)22)20(6,7)19(3,4)5/h8-12,21-22H,1-7H3/b9-8-,15-13-. The number of hydrogen-bond acceptors (Lipinski definition) is 3. The molecule has 0 bridgehead atoms. The molecular weight excluding hydrogens is 288 g/mol. The van der Waals surface area contributed by atoms with Gasteiger partial charge in [-0.1, -0.05) is 52.8 Å². The average Bonchev–Trinajstić information content (AvgIpc) is 2.42. The Hall–Kier alpha value is -2.03. The molecule has 0 aliphatic heterocycles. The lowest BCUT2D eigenvalue weighted by molar-refractivity contribution is 0.103. The Bertz CT molecular complexity index is 652. The van der Waals surface area contributed by atoms with Crippen molar-refractivity contribution in [3.05, 3.63) is 52.8 Å². The van der Waals surface area contributed by atoms with E-state index in [0.29, 0.717) is 0 Å². The fourth-order valence-electron chi connectivity index (χ4n) is 2.22. The fourth-order valence-corrected chi connectivity index (χ4v) is 2.22. The highest BCUT2D eigenvalue weighted by atomic mass is 16.3. The third-order valence-corrected chi connectivity index (χ3v) is 4.81. The van der Waals surface area contributed by atoms with Crippen LogP contribution in [0, 0.1) is 5.41 Å². The third-order valence-electron chi connectivity index (χ3n) is 4.81. The molecule has 0 heterocycles. The van der Waals surface area contributed by atoms with E-state index in [1.807, 2.05) is 6.07 Å². The Morgan fingerprint density at radius 3 is 2.09 bits per heavy atom. The molecule has 2 N–H and O–H groups in total. The van der Waals surface area contributed by atoms with Gasteiger partial charge < -0.3 is 10.2 Å². The molecule has 0 spiro atoms. The van der Waals surface area contributed by atoms with Crippen molar-refractivity contribution in [2.45, 2.75) is 53.9 Å². The molecule has 1 aromatic rings. The highest BCUT2D eigenvalue weighted by Crippen LogP contribution is 2.42. The molecule has 0 atom stereocenters. The van der Waals surface area contributed by atoms with E-state index < -0.39 is 0 Å². The van der Waals surface area contributed by atoms with Gasteiger partial charge in [0.05, 0.1) is 11.1 Å². The van der Waals surface area contributed by atoms with Crippen molar-refractivity contribution in [3.8, 4) is 5.75 Å². The number of ketones is 1. The summed E-state index contributed by atoms with van der Waals surface area (Å²) in [7, 11) is 0. The number of phenols is 1. The van der Waals surface area contributed by atoms with Gasteiger partial charge in [0, 0.05) is 0 Å². The number of hydrogen-bond donors (Lipinski definition) is 2. The first-order valence-corrected chi connectivity index (χ1v) is 7.84. The van der Waals surface area contributed by atoms with E-state index in [1.54, 1.807) is 31.2 Å². The second-order valence-corrected chi connectivity index (χ2v) is 7.44. The SMILES string of the molecule is C/C=C\C(C(=O)c1ccc(C(C)(C)C(C)(C)C)cc1O)=C(/C)O. The molecule has 23 heavy (non-hydrogen) atoms. The Labute approximate surface area is 139 Å². The molecule has 0 aliphatic carbocycles. The van der Waals surface area contributed by atoms with Crippen LogP contribution in [0.4, 0.5) is 0 Å². The smallest absolute Gasteiger partial charge is 0.200 e. The topological polar surface area (TPSA) is 57.5 Å². The fraction of sp³-hybridized carbons (Fsp3) is 0.450. The molecule has 3 nitrogen and oxygen atoms in total. The number of carbonyl (C=O) groups excluding carboxylic acids is 1. The van der Waals surface area contributed by atoms with Gasteiger partial charge in [-0.25, -0.2) is 0 Å². The van der Waals surface area contributed by atoms with E-state index in [-0.39, 0.29) is 39.3 Å². The summed E-state index contributed by atoms with van der Waals surface area (Å²) in [5.41, 5.74) is 1.19. The number of phenolic OH excluding ortho intramolecular Hbond substituents is 1. The number of aliphatic hydroxyl groups excluding tert-OH is 1. The maximum absolute atomic E-state index is 12.5. The molecule has 1 aromatic carbocycles. The largest absolute Gasteiger partial charge is 0.512 e. The summed E-state index contributed by atoms with van der Waals surface area (Å²) in [5.74, 6) is -0.514. The molecule has 0 aromatic heterocycles. The van der Waals surface area contributed by atoms with Crippen LogP contribution >= 0.6 is 0 Å². The number of allylic oxidation sites excluding steroid dienone is 4. The Balaban J connectivity index is 3.36. The number of benzene rings is 1. The quantitative estimate of drug-likeness (QED) is 0.343. The van der Waals surface area contributed by atoms with Gasteiger partial charge in [0.2, 0.25) is 0 Å². The molecule has 0 unspecified atom stereocenters. The summed E-state index contributed by atoms with van der Waals surface area (Å²) in [6.07, 6.45) is 3.23. The predicted octanol–water partition coefficient (Wildman–Crippen LogP) is 5.31. The van der Waals surface area contributed by atoms with E-state index in [4.69, 9.17) is 0 Å². The monoisotopic (exact) mass is 316 g/mol. The lowest BCUT2D eigenvalue weighted by atomic mass is 9.65. The number of aromatic hydroxyl groups is 1. The summed E-state index contributed by atoms with van der Waals surface area (Å²) in [6.45, 7) is 13.9. The van der Waals surface area contributed by atoms with Gasteiger partial charge in [-0.3, -0.25) is 4.79 Å². The van der Waals surface area contributed by atoms with E-state index in [1.165, 1.54) is 6.92 Å². The zero-order valence-corrected chi connectivity index (χ0v) is 15.2. The van der Waals surface area contributed by atoms with Crippen LogP contribution in [-0.4, -0.2) is 16.0 Å². The van der Waals surface area contributed by atoms with Crippen molar-refractivity contribution in [3.63, 3.8) is 0 Å². The molecule has 0 saturated carbocycles. The van der Waals surface area contributed by atoms with Crippen LogP contribution < -0.4 is 0 Å². The molecule has 0 fully saturated rings. The van der Waals surface area contributed by atoms with Crippen molar-refractivity contribution in [2.24, 2.45) is 5.41 Å². The molecule has 0 amide bonds. The maximum Gasteiger partial charge on any atom is 0.200 e. The first kappa shape index (κ1) is 19.0. The zero-order chi connectivity index (χ0) is 18.0. The zero-order valence-electron chi connectivity index (χ0n) is 15.2. The van der Waals surface area contributed by atoms with E-state index >= 15 is 0 Å². The normalized spacial score (nSPS) is 14.0. The molecule has 1 rings (SSSR count). The Morgan fingerprint density at radius 1 is 1.13 bits per heavy atom. The van der Waals surface area contributed by atoms with E-state index in [2.05, 4.69) is 34.6 Å². The van der Waals surface area contributed by atoms with Gasteiger partial charge in [-0.2, -0.15) is 0 Å². The second-order valence-electron chi connectivity index (χ2n) is 7.44. The van der Waals surface area contributed by atoms with Gasteiger partial charge >= 0.3 is 0 Å². The number of aliphatic hydroxyl groups is 1. The third kappa shape index (κ3) is 3.84. The summed E-state index contributed by atoms with van der Waals surface area (Å²) < 4.78 is 0. The highest BCUT2D eigenvalue weighted by molar-refractivity contribution is 6.12. The number of rotatable bonds is 4. The maximum atomic E-state index is 12.5. The number of Topliss-reactive ketones (excluding diaryl/α,β-unsaturated/α-hetero) is 1. The van der Waals surface area contributed by atoms with Gasteiger partial charge in [-0.05, 0) is 42.4 Å². The minimum atomic E-state index is -0.388. The summed E-state index contributed by atoms with van der Waals surface area (Å²) >= 11 is 0. The predicted molar refractivity (Wildman–Crippen MR) is 95.1 cm³/mol. The molecular formula is C20H28O3. The summed E-state index contributed by atoms with van der Waals surface area (Å²) in [6, 6.07) is 5.16. The van der Waals surface area contributed by atoms with Gasteiger partial charge in [-0.15, -0.1) is 0 Å². The Morgan fingerprint density at radius 2 is 1.70 bits per heavy atom. The minimum absolute atomic E-state index is 0.00264. The lowest BCUT2D eigenvalue weighted by Crippen LogP contribution is -2.33. The van der Waals surface area contributed by atoms with Gasteiger partial charge in [0.25, 0.3) is 0 Å². The minimum Gasteiger partial charge on any atom is -0.512 e. The van der Waals surface area contributed by atoms with Crippen LogP contribution in [0.25, 0.3) is 0 Å². The van der Waals surface area contributed by atoms with E-state index in [0.717, 1.165) is 5.56 Å². The molecule has 0 aliphatic rings. The van der Waals surface area contributed by atoms with Crippen LogP contribution in [0.3, 0.4) is 0 Å². The van der Waals surface area contributed by atoms with Crippen molar-refractivity contribution >= 4 is 5.78 Å². The first-order valence-electron chi connectivity index (χ1n) is 7.84.